The van der Waals surface area contributed by atoms with Crippen LogP contribution in [0, 0.1) is 10.1 Å². The minimum Gasteiger partial charge on any atom is -0.460 e. The van der Waals surface area contributed by atoms with Crippen LogP contribution in [-0.2, 0) is 9.53 Å². The van der Waals surface area contributed by atoms with Crippen molar-refractivity contribution in [3.05, 3.63) is 22.2 Å². The Hall–Kier alpha value is -2.38. The van der Waals surface area contributed by atoms with Crippen molar-refractivity contribution in [2.75, 3.05) is 17.6 Å². The maximum Gasteiger partial charge on any atom is 0.311 e. The molecule has 0 saturated carbocycles. The number of nitrogens with zero attached hydrogens (tertiary/aromatic N) is 2. The number of nitrogens with two attached hydrogens (primary N) is 1. The Morgan fingerprint density at radius 2 is 2.14 bits per heavy atom. The SMILES string of the molecule is CC(C)(C)OC(=O)CCCNc1ccc([N+](=O)[O-])c(N)n1. The van der Waals surface area contributed by atoms with Crippen molar-refractivity contribution in [2.24, 2.45) is 0 Å². The number of carbonyl (C=O) groups is 1. The lowest BCUT2D eigenvalue weighted by Gasteiger charge is -2.19. The van der Waals surface area contributed by atoms with Crippen LogP contribution in [0.4, 0.5) is 17.3 Å². The second-order valence-corrected chi connectivity index (χ2v) is 5.47. The van der Waals surface area contributed by atoms with Gasteiger partial charge in [0.2, 0.25) is 5.82 Å². The Morgan fingerprint density at radius 3 is 2.67 bits per heavy atom. The van der Waals surface area contributed by atoms with Crippen LogP contribution in [0.15, 0.2) is 12.1 Å². The van der Waals surface area contributed by atoms with E-state index in [1.165, 1.54) is 12.1 Å². The zero-order chi connectivity index (χ0) is 16.0. The molecule has 0 unspecified atom stereocenters. The number of aromatic nitrogens is 1. The van der Waals surface area contributed by atoms with Crippen LogP contribution >= 0.6 is 0 Å². The van der Waals surface area contributed by atoms with Crippen molar-refractivity contribution in [1.82, 2.24) is 4.98 Å². The number of nitro groups is 1. The number of rotatable bonds is 6. The summed E-state index contributed by atoms with van der Waals surface area (Å²) in [4.78, 5) is 25.4. The van der Waals surface area contributed by atoms with E-state index >= 15 is 0 Å². The number of nitrogens with one attached hydrogen (secondary N) is 1. The van der Waals surface area contributed by atoms with Gasteiger partial charge >= 0.3 is 11.7 Å². The molecule has 0 saturated heterocycles. The molecule has 0 aromatic carbocycles. The minimum absolute atomic E-state index is 0.142. The highest BCUT2D eigenvalue weighted by atomic mass is 16.6. The van der Waals surface area contributed by atoms with Crippen LogP contribution in [0.5, 0.6) is 0 Å². The molecule has 0 fully saturated rings. The first-order valence-corrected chi connectivity index (χ1v) is 6.55. The quantitative estimate of drug-likeness (QED) is 0.357. The molecule has 0 aliphatic rings. The number of pyridine rings is 1. The molecule has 1 heterocycles. The smallest absolute Gasteiger partial charge is 0.311 e. The van der Waals surface area contributed by atoms with Crippen LogP contribution in [0.25, 0.3) is 0 Å². The first-order valence-electron chi connectivity index (χ1n) is 6.55. The van der Waals surface area contributed by atoms with Gasteiger partial charge in [-0.3, -0.25) is 14.9 Å². The molecule has 116 valence electrons. The molecular weight excluding hydrogens is 276 g/mol. The Labute approximate surface area is 122 Å². The average molecular weight is 296 g/mol. The van der Waals surface area contributed by atoms with Gasteiger partial charge in [-0.2, -0.15) is 0 Å². The van der Waals surface area contributed by atoms with E-state index in [1.807, 2.05) is 20.8 Å². The summed E-state index contributed by atoms with van der Waals surface area (Å²) in [5.41, 5.74) is 4.76. The van der Waals surface area contributed by atoms with E-state index in [4.69, 9.17) is 10.5 Å². The highest BCUT2D eigenvalue weighted by Crippen LogP contribution is 2.20. The maximum atomic E-state index is 11.5. The third kappa shape index (κ3) is 6.07. The van der Waals surface area contributed by atoms with Gasteiger partial charge in [0.15, 0.2) is 0 Å². The third-order valence-electron chi connectivity index (χ3n) is 2.38. The van der Waals surface area contributed by atoms with Gasteiger partial charge < -0.3 is 15.8 Å². The lowest BCUT2D eigenvalue weighted by Crippen LogP contribution is -2.24. The van der Waals surface area contributed by atoms with Gasteiger partial charge in [-0.1, -0.05) is 0 Å². The van der Waals surface area contributed by atoms with Gasteiger partial charge in [0.1, 0.15) is 11.4 Å². The predicted octanol–water partition coefficient (Wildman–Crippen LogP) is 2.11. The Morgan fingerprint density at radius 1 is 1.48 bits per heavy atom. The third-order valence-corrected chi connectivity index (χ3v) is 2.38. The highest BCUT2D eigenvalue weighted by Gasteiger charge is 2.16. The van der Waals surface area contributed by atoms with E-state index in [0.717, 1.165) is 0 Å². The molecule has 8 nitrogen and oxygen atoms in total. The number of anilines is 2. The van der Waals surface area contributed by atoms with Gasteiger partial charge in [0.25, 0.3) is 0 Å². The van der Waals surface area contributed by atoms with Crippen molar-refractivity contribution in [1.29, 1.82) is 0 Å². The number of carbonyl (C=O) groups excluding carboxylic acids is 1. The van der Waals surface area contributed by atoms with Crippen LogP contribution < -0.4 is 11.1 Å². The molecule has 0 amide bonds. The molecule has 0 atom stereocenters. The lowest BCUT2D eigenvalue weighted by atomic mass is 10.2. The molecule has 0 spiro atoms. The second-order valence-electron chi connectivity index (χ2n) is 5.47. The number of ether oxygens (including phenoxy) is 1. The number of nitrogen functional groups attached to an aromatic ring is 1. The molecule has 0 radical (unpaired) electrons. The number of hydrogen-bond acceptors (Lipinski definition) is 7. The van der Waals surface area contributed by atoms with Gasteiger partial charge in [-0.25, -0.2) is 4.98 Å². The summed E-state index contributed by atoms with van der Waals surface area (Å²) >= 11 is 0. The van der Waals surface area contributed by atoms with Crippen molar-refractivity contribution in [3.63, 3.8) is 0 Å². The zero-order valence-electron chi connectivity index (χ0n) is 12.4. The minimum atomic E-state index is -0.589. The molecule has 0 bridgehead atoms. The number of esters is 1. The van der Waals surface area contributed by atoms with Crippen molar-refractivity contribution in [2.45, 2.75) is 39.2 Å². The van der Waals surface area contributed by atoms with Crippen LogP contribution in [0.2, 0.25) is 0 Å². The molecule has 1 aromatic rings. The fourth-order valence-corrected chi connectivity index (χ4v) is 1.56. The topological polar surface area (TPSA) is 120 Å². The normalized spacial score (nSPS) is 11.0. The summed E-state index contributed by atoms with van der Waals surface area (Å²) in [6.45, 7) is 5.93. The maximum absolute atomic E-state index is 11.5. The zero-order valence-corrected chi connectivity index (χ0v) is 12.4. The summed E-state index contributed by atoms with van der Waals surface area (Å²) < 4.78 is 5.17. The molecule has 21 heavy (non-hydrogen) atoms. The second kappa shape index (κ2) is 6.87. The van der Waals surface area contributed by atoms with E-state index in [-0.39, 0.29) is 23.9 Å². The van der Waals surface area contributed by atoms with Crippen molar-refractivity contribution < 1.29 is 14.5 Å². The summed E-state index contributed by atoms with van der Waals surface area (Å²) in [6.07, 6.45) is 0.847. The van der Waals surface area contributed by atoms with Gasteiger partial charge in [-0.15, -0.1) is 0 Å². The molecule has 0 aliphatic carbocycles. The first kappa shape index (κ1) is 16.7. The summed E-state index contributed by atoms with van der Waals surface area (Å²) in [6, 6.07) is 2.76. The molecular formula is C13H20N4O4. The van der Waals surface area contributed by atoms with Crippen LogP contribution in [0.1, 0.15) is 33.6 Å². The van der Waals surface area contributed by atoms with Gasteiger partial charge in [-0.05, 0) is 33.3 Å². The van der Waals surface area contributed by atoms with E-state index in [1.54, 1.807) is 0 Å². The predicted molar refractivity (Wildman–Crippen MR) is 78.9 cm³/mol. The van der Waals surface area contributed by atoms with Crippen LogP contribution in [0.3, 0.4) is 0 Å². The van der Waals surface area contributed by atoms with E-state index in [2.05, 4.69) is 10.3 Å². The standard InChI is InChI=1S/C13H20N4O4/c1-13(2,3)21-11(18)5-4-8-15-10-7-6-9(17(19)20)12(14)16-10/h6-7H,4-5,8H2,1-3H3,(H3,14,15,16). The average Bonchev–Trinajstić information content (AvgIpc) is 2.32. The lowest BCUT2D eigenvalue weighted by molar-refractivity contribution is -0.384. The largest absolute Gasteiger partial charge is 0.460 e. The Balaban J connectivity index is 2.38. The summed E-state index contributed by atoms with van der Waals surface area (Å²) in [5.74, 6) is 0.0277. The highest BCUT2D eigenvalue weighted by molar-refractivity contribution is 5.69. The van der Waals surface area contributed by atoms with Crippen molar-refractivity contribution in [3.8, 4) is 0 Å². The molecule has 1 rings (SSSR count). The molecule has 3 N–H and O–H groups in total. The fourth-order valence-electron chi connectivity index (χ4n) is 1.56. The summed E-state index contributed by atoms with van der Waals surface area (Å²) in [5, 5.41) is 13.5. The van der Waals surface area contributed by atoms with E-state index in [0.29, 0.717) is 18.8 Å². The Bertz CT molecular complexity index is 525. The van der Waals surface area contributed by atoms with E-state index in [9.17, 15) is 14.9 Å². The van der Waals surface area contributed by atoms with E-state index < -0.39 is 10.5 Å². The monoisotopic (exact) mass is 296 g/mol. The van der Waals surface area contributed by atoms with Crippen molar-refractivity contribution >= 4 is 23.3 Å². The Kier molecular flexibility index (Phi) is 5.45. The van der Waals surface area contributed by atoms with Gasteiger partial charge in [0, 0.05) is 19.0 Å². The first-order chi connectivity index (χ1) is 9.69. The molecule has 8 heteroatoms. The fraction of sp³-hybridized carbons (Fsp3) is 0.538. The number of hydrogen-bond donors (Lipinski definition) is 2. The molecule has 1 aromatic heterocycles. The van der Waals surface area contributed by atoms with Gasteiger partial charge in [0.05, 0.1) is 4.92 Å². The molecule has 0 aliphatic heterocycles. The summed E-state index contributed by atoms with van der Waals surface area (Å²) in [7, 11) is 0. The van der Waals surface area contributed by atoms with Crippen LogP contribution in [-0.4, -0.2) is 28.0 Å².